The van der Waals surface area contributed by atoms with Gasteiger partial charge in [-0.3, -0.25) is 9.78 Å². The molecule has 5 rings (SSSR count). The number of hydrogen-bond donors (Lipinski definition) is 0. The standard InChI is InChI=1S/C24H16FN3O/c25-21-12-19(18-6-5-16-3-1-2-4-17(16)11-18)7-8-20(21)15-28-23-9-10-26-13-22(23)27-14-24(28)29/h1-14H,15H2. The fraction of sp³-hybridized carbons (Fsp3) is 0.0417. The Hall–Kier alpha value is -3.86. The predicted octanol–water partition coefficient (Wildman–Crippen LogP) is 4.80. The van der Waals surface area contributed by atoms with Crippen molar-refractivity contribution >= 4 is 21.8 Å². The molecular formula is C24H16FN3O. The van der Waals surface area contributed by atoms with Gasteiger partial charge in [0, 0.05) is 11.8 Å². The summed E-state index contributed by atoms with van der Waals surface area (Å²) in [5, 5.41) is 2.25. The van der Waals surface area contributed by atoms with Gasteiger partial charge in [0.1, 0.15) is 11.3 Å². The van der Waals surface area contributed by atoms with Gasteiger partial charge in [0.2, 0.25) is 0 Å². The molecule has 0 radical (unpaired) electrons. The van der Waals surface area contributed by atoms with Crippen molar-refractivity contribution in [3.8, 4) is 11.1 Å². The molecule has 0 aliphatic rings. The summed E-state index contributed by atoms with van der Waals surface area (Å²) in [6.07, 6.45) is 4.43. The van der Waals surface area contributed by atoms with Gasteiger partial charge in [-0.1, -0.05) is 48.5 Å². The van der Waals surface area contributed by atoms with Crippen molar-refractivity contribution in [2.45, 2.75) is 6.54 Å². The van der Waals surface area contributed by atoms with Crippen LogP contribution >= 0.6 is 0 Å². The zero-order valence-corrected chi connectivity index (χ0v) is 15.4. The minimum absolute atomic E-state index is 0.131. The maximum Gasteiger partial charge on any atom is 0.269 e. The molecule has 0 spiro atoms. The number of fused-ring (bicyclic) bond motifs is 2. The van der Waals surface area contributed by atoms with Crippen molar-refractivity contribution in [3.63, 3.8) is 0 Å². The second-order valence-electron chi connectivity index (χ2n) is 6.92. The van der Waals surface area contributed by atoms with Gasteiger partial charge in [-0.15, -0.1) is 0 Å². The second-order valence-corrected chi connectivity index (χ2v) is 6.92. The molecule has 0 saturated heterocycles. The molecule has 0 aliphatic heterocycles. The largest absolute Gasteiger partial charge is 0.301 e. The summed E-state index contributed by atoms with van der Waals surface area (Å²) in [4.78, 5) is 20.4. The van der Waals surface area contributed by atoms with E-state index in [1.807, 2.05) is 36.4 Å². The summed E-state index contributed by atoms with van der Waals surface area (Å²) in [6, 6.07) is 21.0. The van der Waals surface area contributed by atoms with Crippen LogP contribution in [0.4, 0.5) is 4.39 Å². The molecule has 0 amide bonds. The van der Waals surface area contributed by atoms with Gasteiger partial charge in [0.05, 0.1) is 24.5 Å². The number of rotatable bonds is 3. The fourth-order valence-corrected chi connectivity index (χ4v) is 3.58. The van der Waals surface area contributed by atoms with E-state index in [-0.39, 0.29) is 17.9 Å². The average molecular weight is 381 g/mol. The van der Waals surface area contributed by atoms with E-state index in [0.29, 0.717) is 16.6 Å². The molecule has 2 heterocycles. The van der Waals surface area contributed by atoms with E-state index >= 15 is 0 Å². The van der Waals surface area contributed by atoms with Crippen LogP contribution in [0.3, 0.4) is 0 Å². The summed E-state index contributed by atoms with van der Waals surface area (Å²) >= 11 is 0. The second kappa shape index (κ2) is 6.95. The molecule has 0 aliphatic carbocycles. The first-order valence-electron chi connectivity index (χ1n) is 9.26. The van der Waals surface area contributed by atoms with E-state index in [1.54, 1.807) is 24.5 Å². The van der Waals surface area contributed by atoms with Crippen LogP contribution < -0.4 is 5.56 Å². The molecule has 0 atom stereocenters. The van der Waals surface area contributed by atoms with Crippen LogP contribution in [0.2, 0.25) is 0 Å². The Kier molecular flexibility index (Phi) is 4.13. The Bertz CT molecular complexity index is 1430. The summed E-state index contributed by atoms with van der Waals surface area (Å²) < 4.78 is 16.4. The van der Waals surface area contributed by atoms with E-state index < -0.39 is 0 Å². The number of nitrogens with zero attached hydrogens (tertiary/aromatic N) is 3. The monoisotopic (exact) mass is 381 g/mol. The first-order chi connectivity index (χ1) is 14.2. The molecule has 0 fully saturated rings. The van der Waals surface area contributed by atoms with Crippen molar-refractivity contribution in [1.82, 2.24) is 14.5 Å². The number of hydrogen-bond acceptors (Lipinski definition) is 3. The normalized spacial score (nSPS) is 11.2. The average Bonchev–Trinajstić information content (AvgIpc) is 2.76. The van der Waals surface area contributed by atoms with E-state index in [1.165, 1.54) is 16.8 Å². The molecule has 0 bridgehead atoms. The molecular weight excluding hydrogens is 365 g/mol. The van der Waals surface area contributed by atoms with Gasteiger partial charge in [0.15, 0.2) is 0 Å². The highest BCUT2D eigenvalue weighted by Crippen LogP contribution is 2.26. The van der Waals surface area contributed by atoms with Crippen LogP contribution in [-0.4, -0.2) is 14.5 Å². The van der Waals surface area contributed by atoms with Crippen molar-refractivity contribution < 1.29 is 4.39 Å². The lowest BCUT2D eigenvalue weighted by Gasteiger charge is -2.11. The SMILES string of the molecule is O=c1cnc2cnccc2n1Cc1ccc(-c2ccc3ccccc3c2)cc1F. The molecule has 3 aromatic carbocycles. The van der Waals surface area contributed by atoms with Gasteiger partial charge >= 0.3 is 0 Å². The lowest BCUT2D eigenvalue weighted by atomic mass is 10.00. The van der Waals surface area contributed by atoms with Crippen molar-refractivity contribution in [2.24, 2.45) is 0 Å². The summed E-state index contributed by atoms with van der Waals surface area (Å²) in [5.41, 5.74) is 3.15. The number of pyridine rings is 1. The summed E-state index contributed by atoms with van der Waals surface area (Å²) in [7, 11) is 0. The van der Waals surface area contributed by atoms with Crippen LogP contribution in [-0.2, 0) is 6.54 Å². The molecule has 0 saturated carbocycles. The lowest BCUT2D eigenvalue weighted by Crippen LogP contribution is -2.21. The Morgan fingerprint density at radius 2 is 1.66 bits per heavy atom. The molecule has 5 aromatic rings. The highest BCUT2D eigenvalue weighted by molar-refractivity contribution is 5.87. The van der Waals surface area contributed by atoms with E-state index in [0.717, 1.165) is 21.9 Å². The van der Waals surface area contributed by atoms with E-state index in [2.05, 4.69) is 22.1 Å². The predicted molar refractivity (Wildman–Crippen MR) is 112 cm³/mol. The van der Waals surface area contributed by atoms with Gasteiger partial charge in [-0.05, 0) is 40.1 Å². The molecule has 4 nitrogen and oxygen atoms in total. The minimum Gasteiger partial charge on any atom is -0.301 e. The van der Waals surface area contributed by atoms with Crippen LogP contribution in [0.25, 0.3) is 32.9 Å². The third-order valence-corrected chi connectivity index (χ3v) is 5.11. The van der Waals surface area contributed by atoms with E-state index in [9.17, 15) is 9.18 Å². The van der Waals surface area contributed by atoms with Gasteiger partial charge in [0.25, 0.3) is 5.56 Å². The lowest BCUT2D eigenvalue weighted by molar-refractivity contribution is 0.599. The maximum absolute atomic E-state index is 14.9. The molecule has 29 heavy (non-hydrogen) atoms. The van der Waals surface area contributed by atoms with Crippen molar-refractivity contribution in [1.29, 1.82) is 0 Å². The maximum atomic E-state index is 14.9. The third-order valence-electron chi connectivity index (χ3n) is 5.11. The number of halogens is 1. The summed E-state index contributed by atoms with van der Waals surface area (Å²) in [5.74, 6) is -0.346. The van der Waals surface area contributed by atoms with Crippen molar-refractivity contribution in [2.75, 3.05) is 0 Å². The number of aromatic nitrogens is 3. The molecule has 140 valence electrons. The van der Waals surface area contributed by atoms with Crippen molar-refractivity contribution in [3.05, 3.63) is 107 Å². The van der Waals surface area contributed by atoms with Gasteiger partial charge in [-0.25, -0.2) is 9.37 Å². The van der Waals surface area contributed by atoms with Gasteiger partial charge in [-0.2, -0.15) is 0 Å². The van der Waals surface area contributed by atoms with Crippen LogP contribution in [0.1, 0.15) is 5.56 Å². The Morgan fingerprint density at radius 3 is 2.52 bits per heavy atom. The molecule has 5 heteroatoms. The third kappa shape index (κ3) is 3.17. The highest BCUT2D eigenvalue weighted by atomic mass is 19.1. The topological polar surface area (TPSA) is 47.8 Å². The van der Waals surface area contributed by atoms with Gasteiger partial charge < -0.3 is 4.57 Å². The highest BCUT2D eigenvalue weighted by Gasteiger charge is 2.10. The zero-order chi connectivity index (χ0) is 19.8. The quantitative estimate of drug-likeness (QED) is 0.451. The molecule has 0 unspecified atom stereocenters. The Balaban J connectivity index is 1.53. The molecule has 2 aromatic heterocycles. The molecule has 0 N–H and O–H groups in total. The smallest absolute Gasteiger partial charge is 0.269 e. The Labute approximate surface area is 165 Å². The zero-order valence-electron chi connectivity index (χ0n) is 15.4. The Morgan fingerprint density at radius 1 is 0.862 bits per heavy atom. The summed E-state index contributed by atoms with van der Waals surface area (Å²) in [6.45, 7) is 0.131. The fourth-order valence-electron chi connectivity index (χ4n) is 3.58. The van der Waals surface area contributed by atoms with Crippen LogP contribution in [0.5, 0.6) is 0 Å². The minimum atomic E-state index is -0.346. The van der Waals surface area contributed by atoms with Crippen LogP contribution in [0, 0.1) is 5.82 Å². The first kappa shape index (κ1) is 17.3. The van der Waals surface area contributed by atoms with E-state index in [4.69, 9.17) is 0 Å². The number of benzene rings is 3. The first-order valence-corrected chi connectivity index (χ1v) is 9.26. The van der Waals surface area contributed by atoms with Crippen LogP contribution in [0.15, 0.2) is 90.1 Å².